The van der Waals surface area contributed by atoms with Gasteiger partial charge in [-0.15, -0.1) is 0 Å². The fourth-order valence-electron chi connectivity index (χ4n) is 1.19. The standard InChI is InChI=1S/C12H13FO3/c1-9(14)5-4-8-16-12(15)10-6-2-3-7-11(10)13/h2-3,6-7H,4-5,8H2,1H3. The highest BCUT2D eigenvalue weighted by atomic mass is 19.1. The van der Waals surface area contributed by atoms with Crippen molar-refractivity contribution in [3.05, 3.63) is 35.6 Å². The number of hydrogen-bond acceptors (Lipinski definition) is 3. The van der Waals surface area contributed by atoms with E-state index in [1.165, 1.54) is 25.1 Å². The molecule has 1 rings (SSSR count). The van der Waals surface area contributed by atoms with E-state index in [0.717, 1.165) is 0 Å². The van der Waals surface area contributed by atoms with E-state index in [2.05, 4.69) is 0 Å². The number of ketones is 1. The van der Waals surface area contributed by atoms with Gasteiger partial charge in [0.1, 0.15) is 11.6 Å². The van der Waals surface area contributed by atoms with Gasteiger partial charge in [-0.1, -0.05) is 12.1 Å². The van der Waals surface area contributed by atoms with E-state index in [9.17, 15) is 14.0 Å². The summed E-state index contributed by atoms with van der Waals surface area (Å²) in [7, 11) is 0. The quantitative estimate of drug-likeness (QED) is 0.569. The highest BCUT2D eigenvalue weighted by Gasteiger charge is 2.11. The first-order valence-corrected chi connectivity index (χ1v) is 5.02. The number of hydrogen-bond donors (Lipinski definition) is 0. The summed E-state index contributed by atoms with van der Waals surface area (Å²) in [6, 6.07) is 5.63. The van der Waals surface area contributed by atoms with Crippen LogP contribution in [0.2, 0.25) is 0 Å². The monoisotopic (exact) mass is 224 g/mol. The third-order valence-corrected chi connectivity index (χ3v) is 2.00. The Kier molecular flexibility index (Phi) is 4.64. The van der Waals surface area contributed by atoms with Gasteiger partial charge in [-0.3, -0.25) is 0 Å². The van der Waals surface area contributed by atoms with Crippen LogP contribution in [0.5, 0.6) is 0 Å². The van der Waals surface area contributed by atoms with Gasteiger partial charge in [0.05, 0.1) is 12.2 Å². The Morgan fingerprint density at radius 1 is 1.31 bits per heavy atom. The Labute approximate surface area is 93.2 Å². The molecule has 0 spiro atoms. The Morgan fingerprint density at radius 3 is 2.62 bits per heavy atom. The lowest BCUT2D eigenvalue weighted by Crippen LogP contribution is -2.09. The normalized spacial score (nSPS) is 9.88. The zero-order valence-electron chi connectivity index (χ0n) is 9.03. The molecule has 4 heteroatoms. The lowest BCUT2D eigenvalue weighted by molar-refractivity contribution is -0.117. The molecule has 0 unspecified atom stereocenters. The molecule has 0 amide bonds. The maximum absolute atomic E-state index is 13.1. The SMILES string of the molecule is CC(=O)CCCOC(=O)c1ccccc1F. The lowest BCUT2D eigenvalue weighted by Gasteiger charge is -2.04. The molecular formula is C12H13FO3. The van der Waals surface area contributed by atoms with Gasteiger partial charge in [0, 0.05) is 6.42 Å². The summed E-state index contributed by atoms with van der Waals surface area (Å²) in [5, 5.41) is 0. The van der Waals surface area contributed by atoms with Crippen LogP contribution in [0.15, 0.2) is 24.3 Å². The van der Waals surface area contributed by atoms with Crippen LogP contribution in [0.25, 0.3) is 0 Å². The smallest absolute Gasteiger partial charge is 0.341 e. The first kappa shape index (κ1) is 12.4. The molecule has 0 aliphatic heterocycles. The minimum absolute atomic E-state index is 0.0435. The van der Waals surface area contributed by atoms with Crippen molar-refractivity contribution in [3.63, 3.8) is 0 Å². The van der Waals surface area contributed by atoms with Gasteiger partial charge >= 0.3 is 5.97 Å². The third kappa shape index (κ3) is 3.81. The van der Waals surface area contributed by atoms with E-state index in [-0.39, 0.29) is 18.0 Å². The molecule has 86 valence electrons. The number of carbonyl (C=O) groups is 2. The first-order chi connectivity index (χ1) is 7.61. The van der Waals surface area contributed by atoms with Gasteiger partial charge in [0.25, 0.3) is 0 Å². The van der Waals surface area contributed by atoms with Crippen molar-refractivity contribution < 1.29 is 18.7 Å². The van der Waals surface area contributed by atoms with Crippen molar-refractivity contribution >= 4 is 11.8 Å². The Bertz CT molecular complexity index is 388. The minimum Gasteiger partial charge on any atom is -0.462 e. The third-order valence-electron chi connectivity index (χ3n) is 2.00. The molecule has 0 fully saturated rings. The predicted octanol–water partition coefficient (Wildman–Crippen LogP) is 2.35. The maximum Gasteiger partial charge on any atom is 0.341 e. The van der Waals surface area contributed by atoms with Crippen molar-refractivity contribution in [3.8, 4) is 0 Å². The van der Waals surface area contributed by atoms with E-state index < -0.39 is 11.8 Å². The predicted molar refractivity (Wildman–Crippen MR) is 56.6 cm³/mol. The first-order valence-electron chi connectivity index (χ1n) is 5.02. The largest absolute Gasteiger partial charge is 0.462 e. The molecule has 3 nitrogen and oxygen atoms in total. The van der Waals surface area contributed by atoms with E-state index in [4.69, 9.17) is 4.74 Å². The molecule has 0 saturated heterocycles. The molecule has 1 aromatic carbocycles. The molecule has 0 atom stereocenters. The van der Waals surface area contributed by atoms with Crippen molar-refractivity contribution in [2.75, 3.05) is 6.61 Å². The zero-order chi connectivity index (χ0) is 12.0. The van der Waals surface area contributed by atoms with Crippen molar-refractivity contribution in [2.45, 2.75) is 19.8 Å². The summed E-state index contributed by atoms with van der Waals surface area (Å²) < 4.78 is 18.0. The summed E-state index contributed by atoms with van der Waals surface area (Å²) in [6.45, 7) is 1.60. The number of esters is 1. The zero-order valence-corrected chi connectivity index (χ0v) is 9.03. The van der Waals surface area contributed by atoms with Crippen LogP contribution in [0.3, 0.4) is 0 Å². The second-order valence-electron chi connectivity index (χ2n) is 3.42. The molecule has 0 saturated carbocycles. The van der Waals surface area contributed by atoms with Crippen LogP contribution in [-0.2, 0) is 9.53 Å². The Balaban J connectivity index is 2.41. The van der Waals surface area contributed by atoms with Gasteiger partial charge < -0.3 is 9.53 Å². The molecule has 0 bridgehead atoms. The van der Waals surface area contributed by atoms with Crippen molar-refractivity contribution in [2.24, 2.45) is 0 Å². The average molecular weight is 224 g/mol. The van der Waals surface area contributed by atoms with E-state index >= 15 is 0 Å². The van der Waals surface area contributed by atoms with Gasteiger partial charge in [-0.05, 0) is 25.5 Å². The second-order valence-corrected chi connectivity index (χ2v) is 3.42. The highest BCUT2D eigenvalue weighted by Crippen LogP contribution is 2.08. The summed E-state index contributed by atoms with van der Waals surface area (Å²) in [6.07, 6.45) is 0.833. The maximum atomic E-state index is 13.1. The molecule has 0 heterocycles. The van der Waals surface area contributed by atoms with Crippen molar-refractivity contribution in [1.29, 1.82) is 0 Å². The van der Waals surface area contributed by atoms with E-state index in [0.29, 0.717) is 12.8 Å². The molecule has 0 N–H and O–H groups in total. The van der Waals surface area contributed by atoms with Crippen LogP contribution in [0, 0.1) is 5.82 Å². The van der Waals surface area contributed by atoms with Gasteiger partial charge in [-0.25, -0.2) is 9.18 Å². The topological polar surface area (TPSA) is 43.4 Å². The number of Topliss-reactive ketones (excluding diaryl/α,β-unsaturated/α-hetero) is 1. The van der Waals surface area contributed by atoms with Crippen LogP contribution in [0.4, 0.5) is 4.39 Å². The van der Waals surface area contributed by atoms with Crippen molar-refractivity contribution in [1.82, 2.24) is 0 Å². The molecule has 1 aromatic rings. The molecule has 0 radical (unpaired) electrons. The molecule has 0 aliphatic rings. The van der Waals surface area contributed by atoms with E-state index in [1.54, 1.807) is 6.07 Å². The number of ether oxygens (including phenoxy) is 1. The average Bonchev–Trinajstić information content (AvgIpc) is 2.24. The van der Waals surface area contributed by atoms with Gasteiger partial charge in [0.15, 0.2) is 0 Å². The second kappa shape index (κ2) is 6.00. The van der Waals surface area contributed by atoms with Crippen LogP contribution < -0.4 is 0 Å². The molecular weight excluding hydrogens is 211 g/mol. The molecule has 16 heavy (non-hydrogen) atoms. The lowest BCUT2D eigenvalue weighted by atomic mass is 10.2. The number of rotatable bonds is 5. The summed E-state index contributed by atoms with van der Waals surface area (Å²) >= 11 is 0. The Morgan fingerprint density at radius 2 is 2.00 bits per heavy atom. The summed E-state index contributed by atoms with van der Waals surface area (Å²) in [5.41, 5.74) is -0.0784. The van der Waals surface area contributed by atoms with Crippen LogP contribution in [-0.4, -0.2) is 18.4 Å². The Hall–Kier alpha value is -1.71. The number of carbonyl (C=O) groups excluding carboxylic acids is 2. The number of benzene rings is 1. The van der Waals surface area contributed by atoms with Gasteiger partial charge in [0.2, 0.25) is 0 Å². The fraction of sp³-hybridized carbons (Fsp3) is 0.333. The summed E-state index contributed by atoms with van der Waals surface area (Å²) in [4.78, 5) is 22.0. The summed E-state index contributed by atoms with van der Waals surface area (Å²) in [5.74, 6) is -1.25. The fourth-order valence-corrected chi connectivity index (χ4v) is 1.19. The van der Waals surface area contributed by atoms with Crippen LogP contribution in [0.1, 0.15) is 30.1 Å². The van der Waals surface area contributed by atoms with Crippen LogP contribution >= 0.6 is 0 Å². The minimum atomic E-state index is -0.693. The molecule has 0 aromatic heterocycles. The number of halogens is 1. The highest BCUT2D eigenvalue weighted by molar-refractivity contribution is 5.89. The van der Waals surface area contributed by atoms with E-state index in [1.807, 2.05) is 0 Å². The molecule has 0 aliphatic carbocycles. The van der Waals surface area contributed by atoms with Gasteiger partial charge in [-0.2, -0.15) is 0 Å².